The second-order valence-electron chi connectivity index (χ2n) is 5.73. The molecule has 0 unspecified atom stereocenters. The van der Waals surface area contributed by atoms with Crippen LogP contribution in [0.4, 0.5) is 5.82 Å². The number of ether oxygens (including phenoxy) is 1. The third kappa shape index (κ3) is 4.70. The molecule has 5 heteroatoms. The van der Waals surface area contributed by atoms with E-state index in [2.05, 4.69) is 15.3 Å². The lowest BCUT2D eigenvalue weighted by molar-refractivity contribution is 0.306. The minimum Gasteiger partial charge on any atom is -0.489 e. The summed E-state index contributed by atoms with van der Waals surface area (Å²) in [6.45, 7) is 4.71. The standard InChI is InChI=1S/C20H19ClN3O/c1-14-19(21)20(24-15(2)23-14)22-12-17-9-6-10-18(11-17)25-13-16-7-4-3-5-8-16/h3-11H,12-13H2,1-2H3. The summed E-state index contributed by atoms with van der Waals surface area (Å²) in [4.78, 5) is 8.54. The molecule has 0 N–H and O–H groups in total. The summed E-state index contributed by atoms with van der Waals surface area (Å²) in [6.07, 6.45) is 0. The lowest BCUT2D eigenvalue weighted by Gasteiger charge is -2.10. The molecule has 1 aromatic heterocycles. The first-order valence-corrected chi connectivity index (χ1v) is 8.43. The summed E-state index contributed by atoms with van der Waals surface area (Å²) in [5.74, 6) is 2.01. The van der Waals surface area contributed by atoms with Crippen molar-refractivity contribution in [1.82, 2.24) is 15.3 Å². The number of benzene rings is 2. The Morgan fingerprint density at radius 2 is 1.72 bits per heavy atom. The Balaban J connectivity index is 1.64. The van der Waals surface area contributed by atoms with Crippen molar-refractivity contribution in [2.75, 3.05) is 0 Å². The Morgan fingerprint density at radius 1 is 0.960 bits per heavy atom. The molecular formula is C20H19ClN3O. The van der Waals surface area contributed by atoms with E-state index in [-0.39, 0.29) is 0 Å². The molecule has 1 radical (unpaired) electrons. The average Bonchev–Trinajstić information content (AvgIpc) is 2.63. The van der Waals surface area contributed by atoms with Gasteiger partial charge in [-0.25, -0.2) is 9.97 Å². The minimum atomic E-state index is 0.484. The van der Waals surface area contributed by atoms with Gasteiger partial charge in [0, 0.05) is 0 Å². The summed E-state index contributed by atoms with van der Waals surface area (Å²) in [6, 6.07) is 18.0. The number of hydrogen-bond acceptors (Lipinski definition) is 3. The van der Waals surface area contributed by atoms with Crippen LogP contribution in [0.5, 0.6) is 5.75 Å². The largest absolute Gasteiger partial charge is 0.489 e. The first-order valence-electron chi connectivity index (χ1n) is 8.06. The van der Waals surface area contributed by atoms with E-state index in [4.69, 9.17) is 16.3 Å². The minimum absolute atomic E-state index is 0.484. The van der Waals surface area contributed by atoms with Crippen LogP contribution < -0.4 is 10.1 Å². The fraction of sp³-hybridized carbons (Fsp3) is 0.200. The maximum Gasteiger partial charge on any atom is 0.170 e. The molecule has 0 saturated carbocycles. The Kier molecular flexibility index (Phi) is 5.51. The van der Waals surface area contributed by atoms with E-state index in [0.717, 1.165) is 22.6 Å². The SMILES string of the molecule is Cc1nc(C)c(Cl)c([N]Cc2cccc(OCc3ccccc3)c2)n1. The number of aryl methyl sites for hydroxylation is 2. The maximum atomic E-state index is 6.24. The van der Waals surface area contributed by atoms with Gasteiger partial charge in [0.2, 0.25) is 0 Å². The van der Waals surface area contributed by atoms with E-state index in [0.29, 0.717) is 29.8 Å². The summed E-state index contributed by atoms with van der Waals surface area (Å²) >= 11 is 6.24. The number of hydrogen-bond donors (Lipinski definition) is 0. The molecule has 0 aliphatic carbocycles. The Bertz CT molecular complexity index is 853. The van der Waals surface area contributed by atoms with E-state index in [1.54, 1.807) is 0 Å². The third-order valence-corrected chi connectivity index (χ3v) is 4.11. The number of aromatic nitrogens is 2. The van der Waals surface area contributed by atoms with Crippen LogP contribution in [0.15, 0.2) is 54.6 Å². The van der Waals surface area contributed by atoms with Crippen LogP contribution in [0.3, 0.4) is 0 Å². The lowest BCUT2D eigenvalue weighted by Crippen LogP contribution is -2.04. The molecule has 0 atom stereocenters. The highest BCUT2D eigenvalue weighted by Crippen LogP contribution is 2.23. The second-order valence-corrected chi connectivity index (χ2v) is 6.11. The van der Waals surface area contributed by atoms with Gasteiger partial charge >= 0.3 is 0 Å². The van der Waals surface area contributed by atoms with E-state index in [9.17, 15) is 0 Å². The van der Waals surface area contributed by atoms with Gasteiger partial charge in [0.1, 0.15) is 23.2 Å². The number of rotatable bonds is 6. The summed E-state index contributed by atoms with van der Waals surface area (Å²) < 4.78 is 5.85. The number of nitrogens with zero attached hydrogens (tertiary/aromatic N) is 3. The monoisotopic (exact) mass is 352 g/mol. The van der Waals surface area contributed by atoms with Crippen molar-refractivity contribution >= 4 is 17.4 Å². The van der Waals surface area contributed by atoms with Crippen LogP contribution in [-0.2, 0) is 13.2 Å². The zero-order chi connectivity index (χ0) is 17.6. The van der Waals surface area contributed by atoms with Gasteiger partial charge in [0.15, 0.2) is 5.82 Å². The lowest BCUT2D eigenvalue weighted by atomic mass is 10.2. The van der Waals surface area contributed by atoms with Crippen LogP contribution in [0.25, 0.3) is 0 Å². The number of halogens is 1. The summed E-state index contributed by atoms with van der Waals surface area (Å²) in [7, 11) is 0. The first-order chi connectivity index (χ1) is 12.1. The summed E-state index contributed by atoms with van der Waals surface area (Å²) in [5.41, 5.74) is 2.92. The molecule has 0 aliphatic rings. The normalized spacial score (nSPS) is 10.5. The van der Waals surface area contributed by atoms with E-state index < -0.39 is 0 Å². The van der Waals surface area contributed by atoms with Crippen LogP contribution in [0.2, 0.25) is 5.02 Å². The zero-order valence-electron chi connectivity index (χ0n) is 14.2. The highest BCUT2D eigenvalue weighted by Gasteiger charge is 2.09. The van der Waals surface area contributed by atoms with Gasteiger partial charge in [-0.05, 0) is 37.1 Å². The molecule has 0 fully saturated rings. The molecule has 25 heavy (non-hydrogen) atoms. The van der Waals surface area contributed by atoms with Crippen molar-refractivity contribution in [3.63, 3.8) is 0 Å². The van der Waals surface area contributed by atoms with Crippen molar-refractivity contribution in [3.8, 4) is 5.75 Å². The topological polar surface area (TPSA) is 49.1 Å². The van der Waals surface area contributed by atoms with Gasteiger partial charge < -0.3 is 4.74 Å². The molecular weight excluding hydrogens is 334 g/mol. The Labute approximate surface area is 152 Å². The van der Waals surface area contributed by atoms with Crippen molar-refractivity contribution in [3.05, 3.63) is 82.3 Å². The smallest absolute Gasteiger partial charge is 0.170 e. The van der Waals surface area contributed by atoms with Gasteiger partial charge in [-0.3, -0.25) is 5.32 Å². The van der Waals surface area contributed by atoms with Crippen LogP contribution in [-0.4, -0.2) is 9.97 Å². The Hall–Kier alpha value is -2.59. The molecule has 0 aliphatic heterocycles. The van der Waals surface area contributed by atoms with Crippen molar-refractivity contribution < 1.29 is 4.74 Å². The predicted molar refractivity (Wildman–Crippen MR) is 99.2 cm³/mol. The molecule has 0 spiro atoms. The molecule has 0 amide bonds. The summed E-state index contributed by atoms with van der Waals surface area (Å²) in [5, 5.41) is 5.02. The van der Waals surface area contributed by atoms with Gasteiger partial charge in [-0.1, -0.05) is 54.1 Å². The molecule has 1 heterocycles. The van der Waals surface area contributed by atoms with Crippen molar-refractivity contribution in [2.45, 2.75) is 27.0 Å². The van der Waals surface area contributed by atoms with Crippen molar-refractivity contribution in [1.29, 1.82) is 0 Å². The molecule has 0 saturated heterocycles. The maximum absolute atomic E-state index is 6.24. The van der Waals surface area contributed by atoms with Crippen LogP contribution >= 0.6 is 11.6 Å². The molecule has 0 bridgehead atoms. The van der Waals surface area contributed by atoms with E-state index >= 15 is 0 Å². The van der Waals surface area contributed by atoms with E-state index in [1.807, 2.05) is 68.4 Å². The molecule has 127 valence electrons. The molecule has 3 rings (SSSR count). The quantitative estimate of drug-likeness (QED) is 0.642. The fourth-order valence-corrected chi connectivity index (χ4v) is 2.57. The van der Waals surface area contributed by atoms with Crippen LogP contribution in [0.1, 0.15) is 22.6 Å². The molecule has 4 nitrogen and oxygen atoms in total. The van der Waals surface area contributed by atoms with Gasteiger partial charge in [-0.2, -0.15) is 0 Å². The average molecular weight is 353 g/mol. The van der Waals surface area contributed by atoms with Gasteiger partial charge in [-0.15, -0.1) is 0 Å². The molecule has 2 aromatic carbocycles. The Morgan fingerprint density at radius 3 is 2.52 bits per heavy atom. The highest BCUT2D eigenvalue weighted by molar-refractivity contribution is 6.33. The predicted octanol–water partition coefficient (Wildman–Crippen LogP) is 4.76. The first kappa shape index (κ1) is 17.2. The fourth-order valence-electron chi connectivity index (χ4n) is 2.43. The highest BCUT2D eigenvalue weighted by atomic mass is 35.5. The van der Waals surface area contributed by atoms with Crippen molar-refractivity contribution in [2.24, 2.45) is 0 Å². The molecule has 3 aromatic rings. The second kappa shape index (κ2) is 7.99. The third-order valence-electron chi connectivity index (χ3n) is 3.67. The van der Waals surface area contributed by atoms with Crippen LogP contribution in [0, 0.1) is 13.8 Å². The zero-order valence-corrected chi connectivity index (χ0v) is 15.0. The van der Waals surface area contributed by atoms with Gasteiger partial charge in [0.05, 0.1) is 12.2 Å². The van der Waals surface area contributed by atoms with Gasteiger partial charge in [0.25, 0.3) is 0 Å². The van der Waals surface area contributed by atoms with E-state index in [1.165, 1.54) is 0 Å².